The van der Waals surface area contributed by atoms with E-state index in [4.69, 9.17) is 0 Å². The Kier molecular flexibility index (Phi) is 5.74. The number of rotatable bonds is 1. The van der Waals surface area contributed by atoms with Crippen LogP contribution in [0.3, 0.4) is 0 Å². The maximum absolute atomic E-state index is 4.01. The van der Waals surface area contributed by atoms with E-state index in [2.05, 4.69) is 17.1 Å². The Hall–Kier alpha value is -0.850. The van der Waals surface area contributed by atoms with Gasteiger partial charge in [0.15, 0.2) is 0 Å². The first kappa shape index (κ1) is 9.15. The van der Waals surface area contributed by atoms with Gasteiger partial charge in [-0.3, -0.25) is 4.99 Å². The Morgan fingerprint density at radius 1 is 1.50 bits per heavy atom. The first-order chi connectivity index (χ1) is 4.93. The average Bonchev–Trinajstić information content (AvgIpc) is 2.46. The van der Waals surface area contributed by atoms with Crippen LogP contribution in [0.25, 0.3) is 0 Å². The van der Waals surface area contributed by atoms with Crippen LogP contribution in [-0.4, -0.2) is 12.8 Å². The smallest absolute Gasteiger partial charge is 0.0579 e. The highest BCUT2D eigenvalue weighted by Crippen LogP contribution is 1.98. The number of aliphatic imine (C=N–C) groups is 1. The van der Waals surface area contributed by atoms with Crippen LogP contribution < -0.4 is 0 Å². The summed E-state index contributed by atoms with van der Waals surface area (Å²) in [6.45, 7) is 6.87. The molecule has 0 amide bonds. The fourth-order valence-corrected chi connectivity index (χ4v) is 0.672. The summed E-state index contributed by atoms with van der Waals surface area (Å²) in [7, 11) is 0. The fourth-order valence-electron chi connectivity index (χ4n) is 0.672. The Bertz CT molecular complexity index is 152. The molecule has 0 bridgehead atoms. The van der Waals surface area contributed by atoms with Crippen molar-refractivity contribution >= 4 is 6.21 Å². The summed E-state index contributed by atoms with van der Waals surface area (Å²) >= 11 is 0. The van der Waals surface area contributed by atoms with Crippen molar-refractivity contribution in [3.63, 3.8) is 0 Å². The summed E-state index contributed by atoms with van der Waals surface area (Å²) < 4.78 is 0. The Morgan fingerprint density at radius 3 is 2.60 bits per heavy atom. The quantitative estimate of drug-likeness (QED) is 0.526. The molecule has 0 saturated carbocycles. The van der Waals surface area contributed by atoms with E-state index in [-0.39, 0.29) is 0 Å². The minimum absolute atomic E-state index is 0.861. The van der Waals surface area contributed by atoms with Gasteiger partial charge in [0.1, 0.15) is 0 Å². The molecule has 0 spiro atoms. The molecule has 0 N–H and O–H groups in total. The van der Waals surface area contributed by atoms with Gasteiger partial charge in [0, 0.05) is 6.21 Å². The first-order valence-electron chi connectivity index (χ1n) is 3.76. The second-order valence-corrected chi connectivity index (χ2v) is 1.70. The van der Waals surface area contributed by atoms with Crippen LogP contribution in [0.15, 0.2) is 28.8 Å². The van der Waals surface area contributed by atoms with Crippen LogP contribution in [0.5, 0.6) is 0 Å². The maximum atomic E-state index is 4.01. The highest BCUT2D eigenvalue weighted by atomic mass is 14.7. The lowest BCUT2D eigenvalue weighted by atomic mass is 10.3. The van der Waals surface area contributed by atoms with Crippen molar-refractivity contribution < 1.29 is 0 Å². The lowest BCUT2D eigenvalue weighted by molar-refractivity contribution is 1.29. The molecule has 0 atom stereocenters. The van der Waals surface area contributed by atoms with E-state index in [9.17, 15) is 0 Å². The summed E-state index contributed by atoms with van der Waals surface area (Å²) in [5.74, 6) is 0. The minimum Gasteiger partial charge on any atom is -0.288 e. The standard InChI is InChI=1S/C7H9N.C2H6/c1-2-3-7-4-5-8-6-7;1-2/h2-4,6H,5H2,1H3;1-2H3/b3-2+;. The zero-order valence-corrected chi connectivity index (χ0v) is 6.96. The molecule has 0 unspecified atom stereocenters. The van der Waals surface area contributed by atoms with Crippen molar-refractivity contribution in [2.75, 3.05) is 6.54 Å². The van der Waals surface area contributed by atoms with E-state index < -0.39 is 0 Å². The predicted molar refractivity (Wildman–Crippen MR) is 47.6 cm³/mol. The molecule has 0 aromatic carbocycles. The summed E-state index contributed by atoms with van der Waals surface area (Å²) in [4.78, 5) is 4.01. The molecule has 1 heterocycles. The van der Waals surface area contributed by atoms with Gasteiger partial charge in [-0.1, -0.05) is 32.1 Å². The summed E-state index contributed by atoms with van der Waals surface area (Å²) in [6.07, 6.45) is 8.06. The molecular weight excluding hydrogens is 122 g/mol. The van der Waals surface area contributed by atoms with Crippen LogP contribution >= 0.6 is 0 Å². The average molecular weight is 137 g/mol. The van der Waals surface area contributed by atoms with Crippen molar-refractivity contribution in [1.82, 2.24) is 0 Å². The number of hydrogen-bond donors (Lipinski definition) is 0. The number of hydrogen-bond acceptors (Lipinski definition) is 1. The van der Waals surface area contributed by atoms with Crippen molar-refractivity contribution in [3.05, 3.63) is 23.8 Å². The lowest BCUT2D eigenvalue weighted by Crippen LogP contribution is -1.69. The van der Waals surface area contributed by atoms with Gasteiger partial charge >= 0.3 is 0 Å². The Labute approximate surface area is 63.2 Å². The van der Waals surface area contributed by atoms with Crippen molar-refractivity contribution in [1.29, 1.82) is 0 Å². The van der Waals surface area contributed by atoms with Gasteiger partial charge in [-0.15, -0.1) is 0 Å². The molecule has 0 aromatic heterocycles. The highest BCUT2D eigenvalue weighted by Gasteiger charge is 1.89. The van der Waals surface area contributed by atoms with Crippen LogP contribution in [0.1, 0.15) is 20.8 Å². The normalized spacial score (nSPS) is 14.9. The molecule has 1 heteroatoms. The third-order valence-electron chi connectivity index (χ3n) is 1.03. The van der Waals surface area contributed by atoms with E-state index >= 15 is 0 Å². The van der Waals surface area contributed by atoms with Crippen molar-refractivity contribution in [3.8, 4) is 0 Å². The van der Waals surface area contributed by atoms with Gasteiger partial charge in [0.25, 0.3) is 0 Å². The van der Waals surface area contributed by atoms with Gasteiger partial charge in [-0.2, -0.15) is 0 Å². The summed E-state index contributed by atoms with van der Waals surface area (Å²) in [6, 6.07) is 0. The highest BCUT2D eigenvalue weighted by molar-refractivity contribution is 5.84. The largest absolute Gasteiger partial charge is 0.288 e. The van der Waals surface area contributed by atoms with Crippen LogP contribution in [-0.2, 0) is 0 Å². The molecule has 1 aliphatic rings. The second-order valence-electron chi connectivity index (χ2n) is 1.70. The van der Waals surface area contributed by atoms with Crippen LogP contribution in [0, 0.1) is 0 Å². The second kappa shape index (κ2) is 6.27. The molecular formula is C9H15N. The molecule has 0 saturated heterocycles. The monoisotopic (exact) mass is 137 g/mol. The number of nitrogens with zero attached hydrogens (tertiary/aromatic N) is 1. The molecule has 10 heavy (non-hydrogen) atoms. The molecule has 0 aromatic rings. The van der Waals surface area contributed by atoms with Crippen molar-refractivity contribution in [2.45, 2.75) is 20.8 Å². The molecule has 1 aliphatic heterocycles. The SMILES string of the molecule is C/C=C/C1=CCN=C1.CC. The van der Waals surface area contributed by atoms with Gasteiger partial charge in [-0.05, 0) is 12.5 Å². The van der Waals surface area contributed by atoms with Crippen molar-refractivity contribution in [2.24, 2.45) is 4.99 Å². The Morgan fingerprint density at radius 2 is 2.20 bits per heavy atom. The lowest BCUT2D eigenvalue weighted by Gasteiger charge is -1.78. The van der Waals surface area contributed by atoms with E-state index in [1.54, 1.807) is 0 Å². The zero-order valence-electron chi connectivity index (χ0n) is 6.96. The topological polar surface area (TPSA) is 12.4 Å². The predicted octanol–water partition coefficient (Wildman–Crippen LogP) is 2.60. The third kappa shape index (κ3) is 3.23. The van der Waals surface area contributed by atoms with E-state index in [0.29, 0.717) is 0 Å². The maximum Gasteiger partial charge on any atom is 0.0579 e. The first-order valence-corrected chi connectivity index (χ1v) is 3.76. The summed E-state index contributed by atoms with van der Waals surface area (Å²) in [5, 5.41) is 0. The third-order valence-corrected chi connectivity index (χ3v) is 1.03. The molecule has 56 valence electrons. The minimum atomic E-state index is 0.861. The fraction of sp³-hybridized carbons (Fsp3) is 0.444. The molecule has 0 radical (unpaired) electrons. The van der Waals surface area contributed by atoms with Gasteiger partial charge in [0.05, 0.1) is 6.54 Å². The molecule has 0 fully saturated rings. The molecule has 1 rings (SSSR count). The Balaban J connectivity index is 0.000000371. The zero-order chi connectivity index (χ0) is 7.82. The van der Waals surface area contributed by atoms with Gasteiger partial charge < -0.3 is 0 Å². The number of allylic oxidation sites excluding steroid dienone is 3. The van der Waals surface area contributed by atoms with Crippen LogP contribution in [0.4, 0.5) is 0 Å². The van der Waals surface area contributed by atoms with Gasteiger partial charge in [0.2, 0.25) is 0 Å². The van der Waals surface area contributed by atoms with E-state index in [1.165, 1.54) is 5.57 Å². The van der Waals surface area contributed by atoms with E-state index in [1.807, 2.05) is 33.1 Å². The van der Waals surface area contributed by atoms with E-state index in [0.717, 1.165) is 6.54 Å². The van der Waals surface area contributed by atoms with Crippen LogP contribution in [0.2, 0.25) is 0 Å². The molecule has 0 aliphatic carbocycles. The summed E-state index contributed by atoms with van der Waals surface area (Å²) in [5.41, 5.74) is 1.23. The molecule has 1 nitrogen and oxygen atoms in total. The van der Waals surface area contributed by atoms with Gasteiger partial charge in [-0.25, -0.2) is 0 Å².